The fourth-order valence-electron chi connectivity index (χ4n) is 3.21. The second kappa shape index (κ2) is 7.47. The summed E-state index contributed by atoms with van der Waals surface area (Å²) < 4.78 is 10.9. The minimum Gasteiger partial charge on any atom is -0.497 e. The predicted octanol–water partition coefficient (Wildman–Crippen LogP) is 2.54. The third kappa shape index (κ3) is 3.49. The van der Waals surface area contributed by atoms with Crippen LogP contribution in [0.25, 0.3) is 0 Å². The third-order valence-corrected chi connectivity index (χ3v) is 4.50. The van der Waals surface area contributed by atoms with Gasteiger partial charge in [0.15, 0.2) is 6.10 Å². The molecule has 6 nitrogen and oxygen atoms in total. The van der Waals surface area contributed by atoms with E-state index in [2.05, 4.69) is 0 Å². The maximum atomic E-state index is 12.9. The molecule has 2 aromatic rings. The van der Waals surface area contributed by atoms with Crippen LogP contribution in [-0.2, 0) is 11.2 Å². The second-order valence-electron chi connectivity index (χ2n) is 6.20. The molecule has 0 spiro atoms. The Bertz CT molecular complexity index is 817. The van der Waals surface area contributed by atoms with Crippen LogP contribution in [0.1, 0.15) is 29.3 Å². The molecule has 1 unspecified atom stereocenters. The average Bonchev–Trinajstić information content (AvgIpc) is 2.66. The number of hydrogen-bond acceptors (Lipinski definition) is 4. The van der Waals surface area contributed by atoms with Gasteiger partial charge >= 0.3 is 0 Å². The van der Waals surface area contributed by atoms with E-state index in [0.29, 0.717) is 17.9 Å². The molecule has 3 rings (SSSR count). The average molecular weight is 354 g/mol. The number of nitrogens with two attached hydrogens (primary N) is 1. The standard InChI is InChI=1S/C20H22N2O4/c1-13(26-15-10-8-14(25-2)9-11-15)20(24)22-12-4-6-16-17(19(21)23)5-3-7-18(16)22/h3,5,7-11,13H,4,6,12H2,1-2H3,(H2,21,23). The van der Waals surface area contributed by atoms with E-state index in [4.69, 9.17) is 15.2 Å². The van der Waals surface area contributed by atoms with Gasteiger partial charge in [-0.05, 0) is 61.7 Å². The molecule has 1 aliphatic rings. The molecule has 136 valence electrons. The Labute approximate surface area is 152 Å². The topological polar surface area (TPSA) is 81.9 Å². The summed E-state index contributed by atoms with van der Waals surface area (Å²) in [6, 6.07) is 12.4. The lowest BCUT2D eigenvalue weighted by Crippen LogP contribution is -2.43. The van der Waals surface area contributed by atoms with Gasteiger partial charge in [0.25, 0.3) is 5.91 Å². The van der Waals surface area contributed by atoms with Crippen molar-refractivity contribution in [1.82, 2.24) is 0 Å². The quantitative estimate of drug-likeness (QED) is 0.895. The summed E-state index contributed by atoms with van der Waals surface area (Å²) in [7, 11) is 1.59. The highest BCUT2D eigenvalue weighted by Crippen LogP contribution is 2.30. The van der Waals surface area contributed by atoms with E-state index >= 15 is 0 Å². The molecule has 0 radical (unpaired) electrons. The van der Waals surface area contributed by atoms with Crippen molar-refractivity contribution in [2.45, 2.75) is 25.9 Å². The SMILES string of the molecule is COc1ccc(OC(C)C(=O)N2CCCc3c(C(N)=O)cccc32)cc1. The van der Waals surface area contributed by atoms with E-state index in [1.54, 1.807) is 55.3 Å². The predicted molar refractivity (Wildman–Crippen MR) is 98.7 cm³/mol. The van der Waals surface area contributed by atoms with E-state index in [1.165, 1.54) is 0 Å². The molecule has 0 saturated heterocycles. The molecule has 0 aliphatic carbocycles. The van der Waals surface area contributed by atoms with E-state index in [1.807, 2.05) is 6.07 Å². The zero-order valence-corrected chi connectivity index (χ0v) is 14.9. The Balaban J connectivity index is 1.80. The number of rotatable bonds is 5. The van der Waals surface area contributed by atoms with Gasteiger partial charge in [-0.15, -0.1) is 0 Å². The van der Waals surface area contributed by atoms with E-state index in [9.17, 15) is 9.59 Å². The summed E-state index contributed by atoms with van der Waals surface area (Å²) >= 11 is 0. The van der Waals surface area contributed by atoms with Gasteiger partial charge in [-0.25, -0.2) is 0 Å². The molecule has 6 heteroatoms. The van der Waals surface area contributed by atoms with Gasteiger partial charge in [-0.2, -0.15) is 0 Å². The molecule has 1 heterocycles. The lowest BCUT2D eigenvalue weighted by Gasteiger charge is -2.32. The number of methoxy groups -OCH3 is 1. The number of primary amides is 1. The molecule has 0 bridgehead atoms. The molecular weight excluding hydrogens is 332 g/mol. The van der Waals surface area contributed by atoms with Crippen LogP contribution in [0.3, 0.4) is 0 Å². The van der Waals surface area contributed by atoms with Crippen LogP contribution in [0.4, 0.5) is 5.69 Å². The number of carbonyl (C=O) groups is 2. The number of nitrogens with zero attached hydrogens (tertiary/aromatic N) is 1. The maximum absolute atomic E-state index is 12.9. The van der Waals surface area contributed by atoms with Gasteiger partial charge in [0.1, 0.15) is 11.5 Å². The summed E-state index contributed by atoms with van der Waals surface area (Å²) in [5.41, 5.74) is 7.51. The Morgan fingerprint density at radius 1 is 1.12 bits per heavy atom. The zero-order chi connectivity index (χ0) is 18.7. The van der Waals surface area contributed by atoms with E-state index in [0.717, 1.165) is 29.8 Å². The molecule has 1 aliphatic heterocycles. The van der Waals surface area contributed by atoms with Crippen molar-refractivity contribution in [1.29, 1.82) is 0 Å². The van der Waals surface area contributed by atoms with Crippen molar-refractivity contribution in [3.8, 4) is 11.5 Å². The van der Waals surface area contributed by atoms with E-state index < -0.39 is 12.0 Å². The molecule has 0 saturated carbocycles. The highest BCUT2D eigenvalue weighted by Gasteiger charge is 2.29. The number of ether oxygens (including phenoxy) is 2. The van der Waals surface area contributed by atoms with Crippen LogP contribution >= 0.6 is 0 Å². The van der Waals surface area contributed by atoms with Crippen molar-refractivity contribution >= 4 is 17.5 Å². The van der Waals surface area contributed by atoms with Crippen LogP contribution in [0.5, 0.6) is 11.5 Å². The summed E-state index contributed by atoms with van der Waals surface area (Å²) in [4.78, 5) is 26.3. The fourth-order valence-corrected chi connectivity index (χ4v) is 3.21. The molecule has 2 aromatic carbocycles. The largest absolute Gasteiger partial charge is 0.497 e. The first-order chi connectivity index (χ1) is 12.5. The van der Waals surface area contributed by atoms with Crippen LogP contribution < -0.4 is 20.1 Å². The molecule has 2 amide bonds. The fraction of sp³-hybridized carbons (Fsp3) is 0.300. The number of carbonyl (C=O) groups excluding carboxylic acids is 2. The highest BCUT2D eigenvalue weighted by atomic mass is 16.5. The van der Waals surface area contributed by atoms with Crippen LogP contribution in [-0.4, -0.2) is 31.6 Å². The monoisotopic (exact) mass is 354 g/mol. The van der Waals surface area contributed by atoms with Gasteiger partial charge in [-0.3, -0.25) is 9.59 Å². The number of anilines is 1. The molecular formula is C20H22N2O4. The first-order valence-electron chi connectivity index (χ1n) is 8.55. The van der Waals surface area contributed by atoms with Gasteiger partial charge in [0.05, 0.1) is 7.11 Å². The van der Waals surface area contributed by atoms with E-state index in [-0.39, 0.29) is 5.91 Å². The minimum atomic E-state index is -0.661. The van der Waals surface area contributed by atoms with Gasteiger partial charge < -0.3 is 20.1 Å². The second-order valence-corrected chi connectivity index (χ2v) is 6.20. The molecule has 26 heavy (non-hydrogen) atoms. The normalized spacial score (nSPS) is 14.3. The van der Waals surface area contributed by atoms with Gasteiger partial charge in [0, 0.05) is 17.8 Å². The summed E-state index contributed by atoms with van der Waals surface area (Å²) in [5, 5.41) is 0. The van der Waals surface area contributed by atoms with Crippen LogP contribution in [0.2, 0.25) is 0 Å². The first-order valence-corrected chi connectivity index (χ1v) is 8.55. The van der Waals surface area contributed by atoms with Crippen molar-refractivity contribution < 1.29 is 19.1 Å². The first kappa shape index (κ1) is 17.8. The third-order valence-electron chi connectivity index (χ3n) is 4.50. The van der Waals surface area contributed by atoms with Crippen LogP contribution in [0.15, 0.2) is 42.5 Å². The number of fused-ring (bicyclic) bond motifs is 1. The smallest absolute Gasteiger partial charge is 0.267 e. The molecule has 1 atom stereocenters. The van der Waals surface area contributed by atoms with Gasteiger partial charge in [-0.1, -0.05) is 6.07 Å². The Kier molecular flexibility index (Phi) is 5.11. The number of hydrogen-bond donors (Lipinski definition) is 1. The summed E-state index contributed by atoms with van der Waals surface area (Å²) in [6.45, 7) is 2.31. The molecule has 2 N–H and O–H groups in total. The van der Waals surface area contributed by atoms with Crippen LogP contribution in [0, 0.1) is 0 Å². The summed E-state index contributed by atoms with van der Waals surface area (Å²) in [6.07, 6.45) is 0.844. The Morgan fingerprint density at radius 2 is 1.81 bits per heavy atom. The van der Waals surface area contributed by atoms with Crippen molar-refractivity contribution in [3.63, 3.8) is 0 Å². The number of amides is 2. The highest BCUT2D eigenvalue weighted by molar-refractivity contribution is 6.01. The molecule has 0 fully saturated rings. The van der Waals surface area contributed by atoms with Crippen molar-refractivity contribution in [3.05, 3.63) is 53.6 Å². The lowest BCUT2D eigenvalue weighted by molar-refractivity contribution is -0.124. The Hall–Kier alpha value is -3.02. The minimum absolute atomic E-state index is 0.150. The van der Waals surface area contributed by atoms with Crippen molar-refractivity contribution in [2.24, 2.45) is 5.73 Å². The Morgan fingerprint density at radius 3 is 2.46 bits per heavy atom. The summed E-state index contributed by atoms with van der Waals surface area (Å²) in [5.74, 6) is 0.692. The zero-order valence-electron chi connectivity index (χ0n) is 14.9. The maximum Gasteiger partial charge on any atom is 0.267 e. The van der Waals surface area contributed by atoms with Crippen molar-refractivity contribution in [2.75, 3.05) is 18.6 Å². The lowest BCUT2D eigenvalue weighted by atomic mass is 9.95. The van der Waals surface area contributed by atoms with Gasteiger partial charge in [0.2, 0.25) is 5.91 Å². The number of benzene rings is 2. The molecule has 0 aromatic heterocycles.